The highest BCUT2D eigenvalue weighted by atomic mass is 16.5. The van der Waals surface area contributed by atoms with Gasteiger partial charge in [0, 0.05) is 13.7 Å². The number of carbonyl (C=O) groups excluding carboxylic acids is 1. The number of ether oxygens (including phenoxy) is 3. The summed E-state index contributed by atoms with van der Waals surface area (Å²) < 4.78 is 15.3. The Bertz CT molecular complexity index is 381. The molecule has 1 amide bonds. The highest BCUT2D eigenvalue weighted by molar-refractivity contribution is 5.77. The average Bonchev–Trinajstić information content (AvgIpc) is 2.42. The Labute approximate surface area is 113 Å². The van der Waals surface area contributed by atoms with Crippen molar-refractivity contribution in [2.24, 2.45) is 0 Å². The molecule has 0 atom stereocenters. The van der Waals surface area contributed by atoms with Gasteiger partial charge in [0.15, 0.2) is 0 Å². The molecule has 5 nitrogen and oxygen atoms in total. The second-order valence-corrected chi connectivity index (χ2v) is 3.90. The number of benzene rings is 1. The molecule has 0 aliphatic carbocycles. The van der Waals surface area contributed by atoms with E-state index in [1.807, 2.05) is 31.2 Å². The minimum absolute atomic E-state index is 0.0501. The first kappa shape index (κ1) is 15.5. The van der Waals surface area contributed by atoms with Gasteiger partial charge in [-0.3, -0.25) is 4.79 Å². The number of hydrogen-bond donors (Lipinski definition) is 1. The summed E-state index contributed by atoms with van der Waals surface area (Å²) in [5.41, 5.74) is 0.996. The maximum absolute atomic E-state index is 11.5. The molecule has 1 aromatic rings. The first-order valence-electron chi connectivity index (χ1n) is 6.31. The zero-order chi connectivity index (χ0) is 13.9. The van der Waals surface area contributed by atoms with Crippen molar-refractivity contribution in [1.29, 1.82) is 0 Å². The summed E-state index contributed by atoms with van der Waals surface area (Å²) in [5, 5.41) is 2.78. The summed E-state index contributed by atoms with van der Waals surface area (Å²) in [6.45, 7) is 3.99. The molecule has 1 rings (SSSR count). The van der Waals surface area contributed by atoms with Crippen molar-refractivity contribution in [3.63, 3.8) is 0 Å². The molecule has 106 valence electrons. The normalized spacial score (nSPS) is 10.2. The van der Waals surface area contributed by atoms with Gasteiger partial charge in [0.1, 0.15) is 12.4 Å². The molecule has 0 saturated heterocycles. The Balaban J connectivity index is 2.27. The molecule has 0 aromatic heterocycles. The smallest absolute Gasteiger partial charge is 0.246 e. The van der Waals surface area contributed by atoms with Gasteiger partial charge in [0.2, 0.25) is 5.91 Å². The van der Waals surface area contributed by atoms with Gasteiger partial charge in [-0.05, 0) is 24.6 Å². The van der Waals surface area contributed by atoms with Gasteiger partial charge in [-0.25, -0.2) is 0 Å². The Hall–Kier alpha value is -1.59. The third kappa shape index (κ3) is 6.79. The molecular weight excluding hydrogens is 246 g/mol. The summed E-state index contributed by atoms with van der Waals surface area (Å²) in [6, 6.07) is 7.65. The topological polar surface area (TPSA) is 56.8 Å². The van der Waals surface area contributed by atoms with Gasteiger partial charge < -0.3 is 19.5 Å². The van der Waals surface area contributed by atoms with E-state index in [9.17, 15) is 4.79 Å². The standard InChI is InChI=1S/C14H21NO4/c1-3-19-13-6-4-5-12(9-13)10-15-14(16)11-18-8-7-17-2/h4-6,9H,3,7-8,10-11H2,1-2H3,(H,15,16). The molecule has 0 saturated carbocycles. The van der Waals surface area contributed by atoms with Crippen LogP contribution in [0, 0.1) is 0 Å². The second-order valence-electron chi connectivity index (χ2n) is 3.90. The molecule has 0 bridgehead atoms. The lowest BCUT2D eigenvalue weighted by Crippen LogP contribution is -2.27. The van der Waals surface area contributed by atoms with Crippen molar-refractivity contribution in [2.45, 2.75) is 13.5 Å². The molecule has 19 heavy (non-hydrogen) atoms. The van der Waals surface area contributed by atoms with Crippen molar-refractivity contribution in [2.75, 3.05) is 33.5 Å². The van der Waals surface area contributed by atoms with Gasteiger partial charge >= 0.3 is 0 Å². The second kappa shape index (κ2) is 9.35. The van der Waals surface area contributed by atoms with Crippen molar-refractivity contribution >= 4 is 5.91 Å². The molecule has 1 aromatic carbocycles. The van der Waals surface area contributed by atoms with Crippen LogP contribution in [0.15, 0.2) is 24.3 Å². The molecule has 0 spiro atoms. The van der Waals surface area contributed by atoms with Gasteiger partial charge in [-0.2, -0.15) is 0 Å². The predicted octanol–water partition coefficient (Wildman–Crippen LogP) is 1.36. The lowest BCUT2D eigenvalue weighted by atomic mass is 10.2. The SMILES string of the molecule is CCOc1cccc(CNC(=O)COCCOC)c1. The van der Waals surface area contributed by atoms with E-state index in [1.165, 1.54) is 0 Å². The van der Waals surface area contributed by atoms with Crippen LogP contribution in [0.1, 0.15) is 12.5 Å². The average molecular weight is 267 g/mol. The van der Waals surface area contributed by atoms with Crippen molar-refractivity contribution < 1.29 is 19.0 Å². The third-order valence-electron chi connectivity index (χ3n) is 2.36. The minimum atomic E-state index is -0.141. The highest BCUT2D eigenvalue weighted by Gasteiger charge is 2.02. The van der Waals surface area contributed by atoms with Crippen LogP contribution >= 0.6 is 0 Å². The van der Waals surface area contributed by atoms with Crippen molar-refractivity contribution in [3.8, 4) is 5.75 Å². The molecule has 0 heterocycles. The van der Waals surface area contributed by atoms with Crippen LogP contribution in [0.3, 0.4) is 0 Å². The van der Waals surface area contributed by atoms with Crippen LogP contribution in [0.4, 0.5) is 0 Å². The van der Waals surface area contributed by atoms with Gasteiger partial charge in [-0.15, -0.1) is 0 Å². The lowest BCUT2D eigenvalue weighted by Gasteiger charge is -2.08. The molecule has 5 heteroatoms. The Morgan fingerprint density at radius 3 is 2.89 bits per heavy atom. The maximum atomic E-state index is 11.5. The van der Waals surface area contributed by atoms with Crippen LogP contribution in [-0.2, 0) is 20.8 Å². The van der Waals surface area contributed by atoms with Crippen molar-refractivity contribution in [1.82, 2.24) is 5.32 Å². The number of methoxy groups -OCH3 is 1. The largest absolute Gasteiger partial charge is 0.494 e. The monoisotopic (exact) mass is 267 g/mol. The minimum Gasteiger partial charge on any atom is -0.494 e. The number of carbonyl (C=O) groups is 1. The maximum Gasteiger partial charge on any atom is 0.246 e. The number of hydrogen-bond acceptors (Lipinski definition) is 4. The Morgan fingerprint density at radius 2 is 2.16 bits per heavy atom. The van der Waals surface area contributed by atoms with Crippen LogP contribution in [0.25, 0.3) is 0 Å². The van der Waals surface area contributed by atoms with Gasteiger partial charge in [-0.1, -0.05) is 12.1 Å². The Morgan fingerprint density at radius 1 is 1.32 bits per heavy atom. The van der Waals surface area contributed by atoms with E-state index < -0.39 is 0 Å². The summed E-state index contributed by atoms with van der Waals surface area (Å²) in [6.07, 6.45) is 0. The fourth-order valence-corrected chi connectivity index (χ4v) is 1.47. The number of nitrogens with one attached hydrogen (secondary N) is 1. The first-order valence-corrected chi connectivity index (χ1v) is 6.31. The van der Waals surface area contributed by atoms with E-state index >= 15 is 0 Å². The molecule has 0 aliphatic rings. The quantitative estimate of drug-likeness (QED) is 0.686. The van der Waals surface area contributed by atoms with Crippen LogP contribution < -0.4 is 10.1 Å². The zero-order valence-electron chi connectivity index (χ0n) is 11.5. The number of rotatable bonds is 9. The number of amides is 1. The first-order chi connectivity index (χ1) is 9.26. The zero-order valence-corrected chi connectivity index (χ0v) is 11.5. The summed E-state index contributed by atoms with van der Waals surface area (Å²) in [5.74, 6) is 0.670. The van der Waals surface area contributed by atoms with Gasteiger partial charge in [0.25, 0.3) is 0 Å². The van der Waals surface area contributed by atoms with E-state index in [1.54, 1.807) is 7.11 Å². The fraction of sp³-hybridized carbons (Fsp3) is 0.500. The van der Waals surface area contributed by atoms with E-state index in [0.29, 0.717) is 26.4 Å². The lowest BCUT2D eigenvalue weighted by molar-refractivity contribution is -0.126. The fourth-order valence-electron chi connectivity index (χ4n) is 1.47. The molecule has 0 radical (unpaired) electrons. The molecule has 0 unspecified atom stereocenters. The summed E-state index contributed by atoms with van der Waals surface area (Å²) in [4.78, 5) is 11.5. The van der Waals surface area contributed by atoms with E-state index in [4.69, 9.17) is 14.2 Å². The van der Waals surface area contributed by atoms with E-state index in [0.717, 1.165) is 11.3 Å². The molecular formula is C14H21NO4. The Kier molecular flexibility index (Phi) is 7.62. The summed E-state index contributed by atoms with van der Waals surface area (Å²) in [7, 11) is 1.59. The molecule has 0 aliphatic heterocycles. The summed E-state index contributed by atoms with van der Waals surface area (Å²) >= 11 is 0. The van der Waals surface area contributed by atoms with Gasteiger partial charge in [0.05, 0.1) is 19.8 Å². The third-order valence-corrected chi connectivity index (χ3v) is 2.36. The predicted molar refractivity (Wildman–Crippen MR) is 72.2 cm³/mol. The molecule has 1 N–H and O–H groups in total. The molecule has 0 fully saturated rings. The van der Waals surface area contributed by atoms with Crippen molar-refractivity contribution in [3.05, 3.63) is 29.8 Å². The van der Waals surface area contributed by atoms with E-state index in [2.05, 4.69) is 5.32 Å². The van der Waals surface area contributed by atoms with Crippen LogP contribution in [0.5, 0.6) is 5.75 Å². The highest BCUT2D eigenvalue weighted by Crippen LogP contribution is 2.12. The van der Waals surface area contributed by atoms with Crippen LogP contribution in [0.2, 0.25) is 0 Å². The van der Waals surface area contributed by atoms with Crippen LogP contribution in [-0.4, -0.2) is 39.4 Å². The van der Waals surface area contributed by atoms with E-state index in [-0.39, 0.29) is 12.5 Å².